The van der Waals surface area contributed by atoms with Crippen LogP contribution in [0.2, 0.25) is 0 Å². The first kappa shape index (κ1) is 23.4. The van der Waals surface area contributed by atoms with Crippen molar-refractivity contribution in [1.82, 2.24) is 4.90 Å². The van der Waals surface area contributed by atoms with E-state index in [9.17, 15) is 14.7 Å². The van der Waals surface area contributed by atoms with Crippen LogP contribution in [0.25, 0.3) is 5.76 Å². The molecule has 0 saturated carbocycles. The first-order valence-electron chi connectivity index (χ1n) is 11.2. The molecule has 1 aliphatic rings. The Morgan fingerprint density at radius 2 is 1.66 bits per heavy atom. The topological polar surface area (TPSA) is 76.1 Å². The van der Waals surface area contributed by atoms with Gasteiger partial charge in [0.25, 0.3) is 11.7 Å². The zero-order chi connectivity index (χ0) is 23.3. The first-order chi connectivity index (χ1) is 15.5. The van der Waals surface area contributed by atoms with Crippen LogP contribution in [0.5, 0.6) is 11.5 Å². The fraction of sp³-hybridized carbons (Fsp3) is 0.385. The molecule has 1 saturated heterocycles. The van der Waals surface area contributed by atoms with Gasteiger partial charge in [-0.1, -0.05) is 38.1 Å². The molecule has 1 N–H and O–H groups in total. The molecule has 1 heterocycles. The summed E-state index contributed by atoms with van der Waals surface area (Å²) in [5, 5.41) is 11.3. The van der Waals surface area contributed by atoms with Crippen molar-refractivity contribution in [2.75, 3.05) is 19.8 Å². The van der Waals surface area contributed by atoms with Gasteiger partial charge in [-0.25, -0.2) is 0 Å². The van der Waals surface area contributed by atoms with E-state index in [2.05, 4.69) is 6.92 Å². The number of likely N-dealkylation sites (tertiary alicyclic amines) is 1. The normalized spacial score (nSPS) is 17.6. The second kappa shape index (κ2) is 10.4. The van der Waals surface area contributed by atoms with Gasteiger partial charge < -0.3 is 19.5 Å². The number of ether oxygens (including phenoxy) is 2. The molecular weight excluding hydrogens is 406 g/mol. The van der Waals surface area contributed by atoms with Crippen molar-refractivity contribution in [3.8, 4) is 11.5 Å². The number of aryl methyl sites for hydroxylation is 1. The highest BCUT2D eigenvalue weighted by Crippen LogP contribution is 2.41. The Morgan fingerprint density at radius 1 is 0.969 bits per heavy atom. The standard InChI is InChI=1S/C26H31NO5/c1-5-15-27-23(18-11-9-17(6-2)10-12-18)22(25(29)26(27)30)24(28)20-14-13-19(31-7-3)16-21(20)32-8-4/h9-14,16,23,28H,5-8,15H2,1-4H3/b24-22-. The first-order valence-corrected chi connectivity index (χ1v) is 11.2. The number of benzene rings is 2. The quantitative estimate of drug-likeness (QED) is 0.344. The summed E-state index contributed by atoms with van der Waals surface area (Å²) in [4.78, 5) is 27.5. The lowest BCUT2D eigenvalue weighted by atomic mass is 9.94. The number of ketones is 1. The minimum atomic E-state index is -0.683. The third-order valence-electron chi connectivity index (χ3n) is 5.53. The lowest BCUT2D eigenvalue weighted by Crippen LogP contribution is -2.30. The molecule has 0 spiro atoms. The van der Waals surface area contributed by atoms with Crippen LogP contribution in [0.15, 0.2) is 48.0 Å². The van der Waals surface area contributed by atoms with Crippen LogP contribution >= 0.6 is 0 Å². The molecule has 1 atom stereocenters. The molecule has 0 radical (unpaired) electrons. The van der Waals surface area contributed by atoms with E-state index in [1.807, 2.05) is 45.0 Å². The molecule has 170 valence electrons. The number of hydrogen-bond donors (Lipinski definition) is 1. The molecule has 2 aromatic carbocycles. The van der Waals surface area contributed by atoms with E-state index in [-0.39, 0.29) is 11.3 Å². The van der Waals surface area contributed by atoms with Crippen molar-refractivity contribution in [3.05, 3.63) is 64.7 Å². The average Bonchev–Trinajstić information content (AvgIpc) is 3.05. The number of aliphatic hydroxyl groups excluding tert-OH is 1. The Balaban J connectivity index is 2.18. The van der Waals surface area contributed by atoms with Gasteiger partial charge in [0.05, 0.1) is 30.4 Å². The van der Waals surface area contributed by atoms with Crippen LogP contribution in [0.3, 0.4) is 0 Å². The van der Waals surface area contributed by atoms with Crippen LogP contribution in [0, 0.1) is 0 Å². The predicted molar refractivity (Wildman–Crippen MR) is 124 cm³/mol. The van der Waals surface area contributed by atoms with Gasteiger partial charge in [-0.05, 0) is 49.9 Å². The lowest BCUT2D eigenvalue weighted by molar-refractivity contribution is -0.139. The summed E-state index contributed by atoms with van der Waals surface area (Å²) in [6.45, 7) is 9.04. The molecule has 3 rings (SSSR count). The smallest absolute Gasteiger partial charge is 0.295 e. The molecule has 2 aromatic rings. The minimum absolute atomic E-state index is 0.0813. The summed E-state index contributed by atoms with van der Waals surface area (Å²) >= 11 is 0. The second-order valence-electron chi connectivity index (χ2n) is 7.61. The van der Waals surface area contributed by atoms with E-state index >= 15 is 0 Å². The third-order valence-corrected chi connectivity index (χ3v) is 5.53. The number of amides is 1. The number of carbonyl (C=O) groups excluding carboxylic acids is 2. The average molecular weight is 438 g/mol. The number of rotatable bonds is 9. The second-order valence-corrected chi connectivity index (χ2v) is 7.61. The molecule has 0 aliphatic carbocycles. The van der Waals surface area contributed by atoms with Gasteiger partial charge >= 0.3 is 0 Å². The molecule has 1 unspecified atom stereocenters. The van der Waals surface area contributed by atoms with E-state index in [0.717, 1.165) is 17.5 Å². The van der Waals surface area contributed by atoms with Crippen molar-refractivity contribution >= 4 is 17.4 Å². The zero-order valence-corrected chi connectivity index (χ0v) is 19.2. The number of nitrogens with zero attached hydrogens (tertiary/aromatic N) is 1. The number of aliphatic hydroxyl groups is 1. The molecule has 32 heavy (non-hydrogen) atoms. The van der Waals surface area contributed by atoms with E-state index in [4.69, 9.17) is 9.47 Å². The van der Waals surface area contributed by atoms with Crippen LogP contribution in [-0.2, 0) is 16.0 Å². The SMILES string of the molecule is CCCN1C(=O)C(=O)/C(=C(\O)c2ccc(OCC)cc2OCC)C1c1ccc(CC)cc1. The Morgan fingerprint density at radius 3 is 2.25 bits per heavy atom. The Kier molecular flexibility index (Phi) is 7.57. The highest BCUT2D eigenvalue weighted by Gasteiger charge is 2.45. The number of hydrogen-bond acceptors (Lipinski definition) is 5. The molecule has 1 fully saturated rings. The molecule has 0 aromatic heterocycles. The highest BCUT2D eigenvalue weighted by atomic mass is 16.5. The van der Waals surface area contributed by atoms with E-state index in [0.29, 0.717) is 43.2 Å². The largest absolute Gasteiger partial charge is 0.507 e. The molecule has 6 nitrogen and oxygen atoms in total. The summed E-state index contributed by atoms with van der Waals surface area (Å²) in [5.41, 5.74) is 2.39. The fourth-order valence-corrected chi connectivity index (χ4v) is 4.01. The van der Waals surface area contributed by atoms with Gasteiger partial charge in [0, 0.05) is 12.6 Å². The van der Waals surface area contributed by atoms with E-state index in [1.54, 1.807) is 23.1 Å². The van der Waals surface area contributed by atoms with Gasteiger partial charge in [0.15, 0.2) is 0 Å². The molecule has 1 amide bonds. The summed E-state index contributed by atoms with van der Waals surface area (Å²) in [7, 11) is 0. The highest BCUT2D eigenvalue weighted by molar-refractivity contribution is 6.46. The molecule has 6 heteroatoms. The summed E-state index contributed by atoms with van der Waals surface area (Å²) < 4.78 is 11.3. The summed E-state index contributed by atoms with van der Waals surface area (Å²) in [5.74, 6) is -0.514. The molecule has 0 bridgehead atoms. The molecule has 1 aliphatic heterocycles. The van der Waals surface area contributed by atoms with Crippen LogP contribution in [-0.4, -0.2) is 41.5 Å². The van der Waals surface area contributed by atoms with Crippen molar-refractivity contribution in [2.45, 2.75) is 46.6 Å². The van der Waals surface area contributed by atoms with Crippen molar-refractivity contribution in [1.29, 1.82) is 0 Å². The fourth-order valence-electron chi connectivity index (χ4n) is 4.01. The van der Waals surface area contributed by atoms with Gasteiger partial charge in [0.1, 0.15) is 17.3 Å². The van der Waals surface area contributed by atoms with Gasteiger partial charge in [-0.3, -0.25) is 9.59 Å². The minimum Gasteiger partial charge on any atom is -0.507 e. The predicted octanol–water partition coefficient (Wildman–Crippen LogP) is 4.88. The van der Waals surface area contributed by atoms with E-state index < -0.39 is 17.7 Å². The van der Waals surface area contributed by atoms with Crippen molar-refractivity contribution in [2.24, 2.45) is 0 Å². The van der Waals surface area contributed by atoms with Gasteiger partial charge in [0.2, 0.25) is 0 Å². The summed E-state index contributed by atoms with van der Waals surface area (Å²) in [6.07, 6.45) is 1.59. The number of carbonyl (C=O) groups is 2. The maximum atomic E-state index is 13.1. The maximum absolute atomic E-state index is 13.1. The van der Waals surface area contributed by atoms with Crippen LogP contribution in [0.1, 0.15) is 56.8 Å². The van der Waals surface area contributed by atoms with E-state index in [1.165, 1.54) is 0 Å². The van der Waals surface area contributed by atoms with Crippen LogP contribution in [0.4, 0.5) is 0 Å². The maximum Gasteiger partial charge on any atom is 0.295 e. The van der Waals surface area contributed by atoms with Crippen molar-refractivity contribution in [3.63, 3.8) is 0 Å². The third kappa shape index (κ3) is 4.49. The number of Topliss-reactive ketones (excluding diaryl/α,β-unsaturated/α-hetero) is 1. The van der Waals surface area contributed by atoms with Gasteiger partial charge in [-0.2, -0.15) is 0 Å². The molecular formula is C26H31NO5. The van der Waals surface area contributed by atoms with Crippen molar-refractivity contribution < 1.29 is 24.2 Å². The summed E-state index contributed by atoms with van der Waals surface area (Å²) in [6, 6.07) is 12.2. The Hall–Kier alpha value is -3.28. The monoisotopic (exact) mass is 437 g/mol. The Bertz CT molecular complexity index is 1010. The van der Waals surface area contributed by atoms with Gasteiger partial charge in [-0.15, -0.1) is 0 Å². The Labute approximate surface area is 189 Å². The van der Waals surface area contributed by atoms with Crippen LogP contribution < -0.4 is 9.47 Å². The lowest BCUT2D eigenvalue weighted by Gasteiger charge is -2.25. The zero-order valence-electron chi connectivity index (χ0n) is 19.2.